The molecule has 1 fully saturated rings. The van der Waals surface area contributed by atoms with Gasteiger partial charge in [-0.05, 0) is 49.3 Å². The number of nitrogens with zero attached hydrogens (tertiary/aromatic N) is 1. The fourth-order valence-corrected chi connectivity index (χ4v) is 2.80. The smallest absolute Gasteiger partial charge is 0.0328 e. The molecule has 14 heavy (non-hydrogen) atoms. The molecule has 2 heterocycles. The summed E-state index contributed by atoms with van der Waals surface area (Å²) in [5.41, 5.74) is 1.45. The van der Waals surface area contributed by atoms with E-state index in [-0.39, 0.29) is 0 Å². The van der Waals surface area contributed by atoms with Crippen molar-refractivity contribution < 1.29 is 0 Å². The monoisotopic (exact) mass is 210 g/mol. The van der Waals surface area contributed by atoms with Crippen molar-refractivity contribution in [2.45, 2.75) is 25.4 Å². The highest BCUT2D eigenvalue weighted by Crippen LogP contribution is 2.24. The lowest BCUT2D eigenvalue weighted by Crippen LogP contribution is -2.35. The zero-order valence-corrected chi connectivity index (χ0v) is 9.68. The molecule has 2 unspecified atom stereocenters. The van der Waals surface area contributed by atoms with Crippen LogP contribution in [0, 0.1) is 0 Å². The first-order valence-corrected chi connectivity index (χ1v) is 6.18. The van der Waals surface area contributed by atoms with E-state index in [2.05, 4.69) is 41.0 Å². The lowest BCUT2D eigenvalue weighted by atomic mass is 10.1. The van der Waals surface area contributed by atoms with E-state index < -0.39 is 0 Å². The quantitative estimate of drug-likeness (QED) is 0.822. The minimum atomic E-state index is 0.547. The van der Waals surface area contributed by atoms with E-state index in [9.17, 15) is 0 Å². The Morgan fingerprint density at radius 1 is 1.64 bits per heavy atom. The summed E-state index contributed by atoms with van der Waals surface area (Å²) in [6.07, 6.45) is 1.28. The van der Waals surface area contributed by atoms with Crippen LogP contribution in [0.2, 0.25) is 0 Å². The summed E-state index contributed by atoms with van der Waals surface area (Å²) in [7, 11) is 2.24. The Hall–Kier alpha value is -0.380. The van der Waals surface area contributed by atoms with Gasteiger partial charge >= 0.3 is 0 Å². The van der Waals surface area contributed by atoms with Crippen LogP contribution in [0.4, 0.5) is 0 Å². The van der Waals surface area contributed by atoms with Crippen molar-refractivity contribution in [1.82, 2.24) is 10.2 Å². The summed E-state index contributed by atoms with van der Waals surface area (Å²) < 4.78 is 0. The van der Waals surface area contributed by atoms with Gasteiger partial charge in [0.05, 0.1) is 0 Å². The lowest BCUT2D eigenvalue weighted by molar-refractivity contribution is 0.197. The molecule has 1 aromatic rings. The Morgan fingerprint density at radius 3 is 3.07 bits per heavy atom. The first-order chi connectivity index (χ1) is 6.79. The average molecular weight is 210 g/mol. The van der Waals surface area contributed by atoms with Crippen LogP contribution >= 0.6 is 11.3 Å². The van der Waals surface area contributed by atoms with Crippen molar-refractivity contribution in [2.75, 3.05) is 20.1 Å². The first kappa shape index (κ1) is 10.1. The summed E-state index contributed by atoms with van der Waals surface area (Å²) in [5.74, 6) is 0. The van der Waals surface area contributed by atoms with Gasteiger partial charge in [0.15, 0.2) is 0 Å². The third kappa shape index (κ3) is 2.00. The van der Waals surface area contributed by atoms with Gasteiger partial charge in [0.25, 0.3) is 0 Å². The van der Waals surface area contributed by atoms with Crippen molar-refractivity contribution in [3.63, 3.8) is 0 Å². The van der Waals surface area contributed by atoms with E-state index in [0.717, 1.165) is 6.54 Å². The first-order valence-electron chi connectivity index (χ1n) is 5.24. The number of hydrogen-bond acceptors (Lipinski definition) is 3. The molecular formula is C11H18N2S. The highest BCUT2D eigenvalue weighted by Gasteiger charge is 2.23. The van der Waals surface area contributed by atoms with E-state index in [1.165, 1.54) is 18.5 Å². The average Bonchev–Trinajstić information content (AvgIpc) is 2.87. The number of hydrogen-bond donors (Lipinski definition) is 1. The molecule has 1 N–H and O–H groups in total. The van der Waals surface area contributed by atoms with E-state index >= 15 is 0 Å². The highest BCUT2D eigenvalue weighted by atomic mass is 32.1. The van der Waals surface area contributed by atoms with Gasteiger partial charge in [-0.15, -0.1) is 0 Å². The lowest BCUT2D eigenvalue weighted by Gasteiger charge is -2.29. The second-order valence-electron chi connectivity index (χ2n) is 4.04. The molecule has 1 aliphatic heterocycles. The van der Waals surface area contributed by atoms with Gasteiger partial charge in [0, 0.05) is 18.6 Å². The van der Waals surface area contributed by atoms with Crippen LogP contribution in [0.5, 0.6) is 0 Å². The third-order valence-corrected chi connectivity index (χ3v) is 3.95. The van der Waals surface area contributed by atoms with Gasteiger partial charge in [-0.25, -0.2) is 0 Å². The van der Waals surface area contributed by atoms with Crippen LogP contribution in [0.1, 0.15) is 24.9 Å². The summed E-state index contributed by atoms with van der Waals surface area (Å²) in [4.78, 5) is 2.49. The van der Waals surface area contributed by atoms with Crippen LogP contribution in [0.25, 0.3) is 0 Å². The molecule has 2 atom stereocenters. The van der Waals surface area contributed by atoms with Crippen molar-refractivity contribution in [1.29, 1.82) is 0 Å². The summed E-state index contributed by atoms with van der Waals surface area (Å²) in [5, 5.41) is 7.83. The Bertz CT molecular complexity index is 265. The molecule has 1 saturated heterocycles. The number of likely N-dealkylation sites (N-methyl/N-ethyl adjacent to an activating group) is 1. The molecule has 0 spiro atoms. The molecule has 1 aliphatic rings. The fraction of sp³-hybridized carbons (Fsp3) is 0.636. The van der Waals surface area contributed by atoms with Crippen LogP contribution in [-0.2, 0) is 0 Å². The molecule has 2 rings (SSSR count). The molecule has 1 aromatic heterocycles. The van der Waals surface area contributed by atoms with Gasteiger partial charge in [-0.1, -0.05) is 0 Å². The van der Waals surface area contributed by atoms with Crippen LogP contribution in [0.15, 0.2) is 16.8 Å². The maximum Gasteiger partial charge on any atom is 0.0328 e. The van der Waals surface area contributed by atoms with E-state index in [4.69, 9.17) is 0 Å². The molecule has 3 heteroatoms. The SMILES string of the molecule is CC(c1ccsc1)N(C)C1CCNC1. The second kappa shape index (κ2) is 4.43. The third-order valence-electron chi connectivity index (χ3n) is 3.25. The number of thiophene rings is 1. The Morgan fingerprint density at radius 2 is 2.50 bits per heavy atom. The summed E-state index contributed by atoms with van der Waals surface area (Å²) in [6, 6.07) is 3.49. The van der Waals surface area contributed by atoms with Gasteiger partial charge in [0.1, 0.15) is 0 Å². The van der Waals surface area contributed by atoms with E-state index in [1.54, 1.807) is 11.3 Å². The summed E-state index contributed by atoms with van der Waals surface area (Å²) >= 11 is 1.79. The largest absolute Gasteiger partial charge is 0.315 e. The molecule has 2 nitrogen and oxygen atoms in total. The molecule has 0 amide bonds. The molecule has 0 bridgehead atoms. The van der Waals surface area contributed by atoms with Gasteiger partial charge < -0.3 is 5.32 Å². The zero-order chi connectivity index (χ0) is 9.97. The van der Waals surface area contributed by atoms with E-state index in [1.807, 2.05) is 0 Å². The summed E-state index contributed by atoms with van der Waals surface area (Å²) in [6.45, 7) is 4.61. The molecule has 0 aliphatic carbocycles. The maximum atomic E-state index is 3.41. The molecular weight excluding hydrogens is 192 g/mol. The minimum Gasteiger partial charge on any atom is -0.315 e. The van der Waals surface area contributed by atoms with E-state index in [0.29, 0.717) is 12.1 Å². The standard InChI is InChI=1S/C11H18N2S/c1-9(10-4-6-14-8-10)13(2)11-3-5-12-7-11/h4,6,8-9,11-12H,3,5,7H2,1-2H3. The van der Waals surface area contributed by atoms with Crippen molar-refractivity contribution >= 4 is 11.3 Å². The van der Waals surface area contributed by atoms with Gasteiger partial charge in [0.2, 0.25) is 0 Å². The Kier molecular flexibility index (Phi) is 3.21. The zero-order valence-electron chi connectivity index (χ0n) is 8.86. The molecule has 0 radical (unpaired) electrons. The Balaban J connectivity index is 2.00. The molecule has 0 saturated carbocycles. The number of nitrogens with one attached hydrogen (secondary N) is 1. The van der Waals surface area contributed by atoms with Crippen molar-refractivity contribution in [2.24, 2.45) is 0 Å². The van der Waals surface area contributed by atoms with Gasteiger partial charge in [-0.2, -0.15) is 11.3 Å². The molecule has 78 valence electrons. The van der Waals surface area contributed by atoms with Crippen LogP contribution < -0.4 is 5.32 Å². The highest BCUT2D eigenvalue weighted by molar-refractivity contribution is 7.07. The van der Waals surface area contributed by atoms with Crippen molar-refractivity contribution in [3.05, 3.63) is 22.4 Å². The van der Waals surface area contributed by atoms with Crippen LogP contribution in [0.3, 0.4) is 0 Å². The number of rotatable bonds is 3. The molecule has 0 aromatic carbocycles. The van der Waals surface area contributed by atoms with Gasteiger partial charge in [-0.3, -0.25) is 4.90 Å². The Labute approximate surface area is 89.9 Å². The normalized spacial score (nSPS) is 24.4. The predicted molar refractivity (Wildman–Crippen MR) is 61.8 cm³/mol. The topological polar surface area (TPSA) is 15.3 Å². The second-order valence-corrected chi connectivity index (χ2v) is 4.82. The fourth-order valence-electron chi connectivity index (χ4n) is 2.05. The maximum absolute atomic E-state index is 3.41. The van der Waals surface area contributed by atoms with Crippen LogP contribution in [-0.4, -0.2) is 31.1 Å². The van der Waals surface area contributed by atoms with Crippen molar-refractivity contribution in [3.8, 4) is 0 Å². The minimum absolute atomic E-state index is 0.547. The predicted octanol–water partition coefficient (Wildman–Crippen LogP) is 2.10.